The van der Waals surface area contributed by atoms with Gasteiger partial charge in [0.15, 0.2) is 0 Å². The Bertz CT molecular complexity index is 582. The second-order valence-electron chi connectivity index (χ2n) is 5.75. The summed E-state index contributed by atoms with van der Waals surface area (Å²) in [5, 5.41) is 0. The Balaban J connectivity index is 3.08. The minimum absolute atomic E-state index is 0.0728. The number of carbonyl (C=O) groups excluding carboxylic acids is 2. The third-order valence-electron chi connectivity index (χ3n) is 2.61. The van der Waals surface area contributed by atoms with Crippen molar-refractivity contribution in [2.75, 3.05) is 17.3 Å². The van der Waals surface area contributed by atoms with E-state index in [0.717, 1.165) is 23.1 Å². The highest BCUT2D eigenvalue weighted by atomic mass is 35.5. The number of ether oxygens (including phenoxy) is 1. The number of rotatable bonds is 4. The molecule has 1 aromatic rings. The molecule has 0 saturated heterocycles. The molecule has 0 aliphatic carbocycles. The highest BCUT2D eigenvalue weighted by Gasteiger charge is 2.31. The maximum Gasteiger partial charge on any atom is 0.416 e. The molecule has 0 spiro atoms. The Hall–Kier alpha value is -1.76. The molecule has 0 heterocycles. The highest BCUT2D eigenvalue weighted by Crippen LogP contribution is 2.31. The molecule has 0 bridgehead atoms. The topological polar surface area (TPSA) is 46.6 Å². The third-order valence-corrected chi connectivity index (χ3v) is 2.84. The normalized spacial score (nSPS) is 12.0. The second kappa shape index (κ2) is 7.21. The van der Waals surface area contributed by atoms with Crippen LogP contribution in [0, 0.1) is 0 Å². The summed E-state index contributed by atoms with van der Waals surface area (Å²) in [5.74, 6) is -1.91. The van der Waals surface area contributed by atoms with Crippen molar-refractivity contribution in [1.29, 1.82) is 0 Å². The first-order valence-corrected chi connectivity index (χ1v) is 7.23. The minimum atomic E-state index is -4.56. The van der Waals surface area contributed by atoms with Crippen LogP contribution in [0.15, 0.2) is 24.3 Å². The van der Waals surface area contributed by atoms with Crippen LogP contribution in [-0.4, -0.2) is 29.9 Å². The molecule has 1 rings (SSSR count). The Morgan fingerprint density at radius 1 is 1.22 bits per heavy atom. The molecule has 0 radical (unpaired) electrons. The van der Waals surface area contributed by atoms with Crippen LogP contribution in [-0.2, 0) is 20.5 Å². The van der Waals surface area contributed by atoms with Crippen LogP contribution in [0.4, 0.5) is 18.9 Å². The first-order chi connectivity index (χ1) is 10.4. The molecule has 4 nitrogen and oxygen atoms in total. The maximum absolute atomic E-state index is 12.8. The van der Waals surface area contributed by atoms with Gasteiger partial charge in [-0.05, 0) is 39.0 Å². The van der Waals surface area contributed by atoms with Crippen molar-refractivity contribution < 1.29 is 27.5 Å². The zero-order valence-corrected chi connectivity index (χ0v) is 13.7. The molecular formula is C15H17ClF3NO3. The van der Waals surface area contributed by atoms with E-state index >= 15 is 0 Å². The van der Waals surface area contributed by atoms with E-state index in [2.05, 4.69) is 0 Å². The summed E-state index contributed by atoms with van der Waals surface area (Å²) < 4.78 is 43.4. The van der Waals surface area contributed by atoms with Gasteiger partial charge in [0, 0.05) is 5.69 Å². The van der Waals surface area contributed by atoms with E-state index in [1.165, 1.54) is 6.07 Å². The first kappa shape index (κ1) is 19.3. The monoisotopic (exact) mass is 351 g/mol. The summed E-state index contributed by atoms with van der Waals surface area (Å²) in [6.45, 7) is 4.40. The fourth-order valence-electron chi connectivity index (χ4n) is 1.75. The summed E-state index contributed by atoms with van der Waals surface area (Å²) in [7, 11) is 0. The van der Waals surface area contributed by atoms with Crippen LogP contribution in [0.25, 0.3) is 0 Å². The predicted molar refractivity (Wildman–Crippen MR) is 80.4 cm³/mol. The van der Waals surface area contributed by atoms with Crippen LogP contribution >= 0.6 is 11.6 Å². The van der Waals surface area contributed by atoms with Gasteiger partial charge in [-0.2, -0.15) is 13.2 Å². The van der Waals surface area contributed by atoms with Crippen molar-refractivity contribution in [3.8, 4) is 0 Å². The summed E-state index contributed by atoms with van der Waals surface area (Å²) in [4.78, 5) is 24.6. The molecule has 0 atom stereocenters. The Kier molecular flexibility index (Phi) is 6.04. The van der Waals surface area contributed by atoms with Crippen LogP contribution in [0.3, 0.4) is 0 Å². The van der Waals surface area contributed by atoms with Crippen LogP contribution < -0.4 is 4.90 Å². The second-order valence-corrected chi connectivity index (χ2v) is 6.02. The summed E-state index contributed by atoms with van der Waals surface area (Å²) >= 11 is 5.48. The first-order valence-electron chi connectivity index (χ1n) is 6.69. The quantitative estimate of drug-likeness (QED) is 0.615. The van der Waals surface area contributed by atoms with E-state index in [4.69, 9.17) is 16.3 Å². The molecule has 0 unspecified atom stereocenters. The maximum atomic E-state index is 12.8. The molecule has 0 saturated carbocycles. The SMILES string of the molecule is CC(C)(C)OC(=O)CN(C(=O)CCl)c1cccc(C(F)(F)F)c1. The number of hydrogen-bond acceptors (Lipinski definition) is 3. The van der Waals surface area contributed by atoms with Crippen molar-refractivity contribution in [2.45, 2.75) is 32.5 Å². The van der Waals surface area contributed by atoms with Gasteiger partial charge in [0.1, 0.15) is 18.0 Å². The Labute approximate surface area is 137 Å². The molecule has 1 aromatic carbocycles. The van der Waals surface area contributed by atoms with E-state index in [1.807, 2.05) is 0 Å². The summed E-state index contributed by atoms with van der Waals surface area (Å²) in [5.41, 5.74) is -1.77. The van der Waals surface area contributed by atoms with Crippen molar-refractivity contribution in [1.82, 2.24) is 0 Å². The van der Waals surface area contributed by atoms with Gasteiger partial charge in [0.2, 0.25) is 5.91 Å². The number of benzene rings is 1. The molecule has 23 heavy (non-hydrogen) atoms. The molecule has 8 heteroatoms. The lowest BCUT2D eigenvalue weighted by Gasteiger charge is -2.25. The summed E-state index contributed by atoms with van der Waals surface area (Å²) in [6, 6.07) is 4.11. The lowest BCUT2D eigenvalue weighted by atomic mass is 10.1. The van der Waals surface area contributed by atoms with Crippen molar-refractivity contribution in [3.05, 3.63) is 29.8 Å². The predicted octanol–water partition coefficient (Wildman–Crippen LogP) is 3.62. The molecule has 128 valence electrons. The van der Waals surface area contributed by atoms with Gasteiger partial charge in [-0.3, -0.25) is 9.59 Å². The van der Waals surface area contributed by atoms with Gasteiger partial charge in [-0.1, -0.05) is 6.07 Å². The minimum Gasteiger partial charge on any atom is -0.459 e. The number of alkyl halides is 4. The van der Waals surface area contributed by atoms with Crippen molar-refractivity contribution in [3.63, 3.8) is 0 Å². The van der Waals surface area contributed by atoms with Crippen molar-refractivity contribution in [2.24, 2.45) is 0 Å². The van der Waals surface area contributed by atoms with Crippen LogP contribution in [0.2, 0.25) is 0 Å². The van der Waals surface area contributed by atoms with Gasteiger partial charge in [0.05, 0.1) is 5.56 Å². The van der Waals surface area contributed by atoms with Crippen molar-refractivity contribution >= 4 is 29.2 Å². The lowest BCUT2D eigenvalue weighted by molar-refractivity contribution is -0.153. The number of nitrogens with zero attached hydrogens (tertiary/aromatic N) is 1. The molecule has 0 aliphatic rings. The summed E-state index contributed by atoms with van der Waals surface area (Å²) in [6.07, 6.45) is -4.56. The van der Waals surface area contributed by atoms with E-state index in [1.54, 1.807) is 20.8 Å². The van der Waals surface area contributed by atoms with Crippen LogP contribution in [0.1, 0.15) is 26.3 Å². The Morgan fingerprint density at radius 2 is 1.83 bits per heavy atom. The number of halogens is 4. The number of anilines is 1. The number of amides is 1. The number of carbonyl (C=O) groups is 2. The number of esters is 1. The highest BCUT2D eigenvalue weighted by molar-refractivity contribution is 6.29. The van der Waals surface area contributed by atoms with Gasteiger partial charge in [-0.15, -0.1) is 11.6 Å². The zero-order valence-electron chi connectivity index (χ0n) is 12.9. The average Bonchev–Trinajstić information content (AvgIpc) is 2.41. The van der Waals surface area contributed by atoms with Crippen LogP contribution in [0.5, 0.6) is 0 Å². The fourth-order valence-corrected chi connectivity index (χ4v) is 1.89. The number of hydrogen-bond donors (Lipinski definition) is 0. The molecule has 0 aliphatic heterocycles. The lowest BCUT2D eigenvalue weighted by Crippen LogP contribution is -2.39. The average molecular weight is 352 g/mol. The van der Waals surface area contributed by atoms with Gasteiger partial charge in [-0.25, -0.2) is 0 Å². The van der Waals surface area contributed by atoms with E-state index in [9.17, 15) is 22.8 Å². The third kappa shape index (κ3) is 6.09. The Morgan fingerprint density at radius 3 is 2.30 bits per heavy atom. The van der Waals surface area contributed by atoms with Gasteiger partial charge < -0.3 is 9.64 Å². The van der Waals surface area contributed by atoms with E-state index in [0.29, 0.717) is 0 Å². The molecule has 0 N–H and O–H groups in total. The fraction of sp³-hybridized carbons (Fsp3) is 0.467. The molecule has 1 amide bonds. The van der Waals surface area contributed by atoms with Gasteiger partial charge in [0.25, 0.3) is 0 Å². The smallest absolute Gasteiger partial charge is 0.416 e. The molecular weight excluding hydrogens is 335 g/mol. The van der Waals surface area contributed by atoms with Gasteiger partial charge >= 0.3 is 12.1 Å². The largest absolute Gasteiger partial charge is 0.459 e. The molecule has 0 fully saturated rings. The standard InChI is InChI=1S/C15H17ClF3NO3/c1-14(2,3)23-13(22)9-20(12(21)8-16)11-6-4-5-10(7-11)15(17,18)19/h4-7H,8-9H2,1-3H3. The van der Waals surface area contributed by atoms with E-state index < -0.39 is 41.6 Å². The zero-order chi connectivity index (χ0) is 17.8. The van der Waals surface area contributed by atoms with E-state index in [-0.39, 0.29) is 5.69 Å². The molecule has 0 aromatic heterocycles.